The van der Waals surface area contributed by atoms with Crippen molar-refractivity contribution in [2.24, 2.45) is 5.10 Å². The van der Waals surface area contributed by atoms with Gasteiger partial charge < -0.3 is 5.32 Å². The van der Waals surface area contributed by atoms with Crippen LogP contribution in [0.4, 0.5) is 10.5 Å². The zero-order valence-electron chi connectivity index (χ0n) is 17.4. The van der Waals surface area contributed by atoms with Gasteiger partial charge in [0.25, 0.3) is 5.56 Å². The molecule has 1 aromatic heterocycles. The maximum atomic E-state index is 12.3. The van der Waals surface area contributed by atoms with Gasteiger partial charge in [0.2, 0.25) is 0 Å². The van der Waals surface area contributed by atoms with Gasteiger partial charge in [0.05, 0.1) is 23.1 Å². The van der Waals surface area contributed by atoms with E-state index in [9.17, 15) is 14.9 Å². The van der Waals surface area contributed by atoms with Gasteiger partial charge in [-0.2, -0.15) is 20.5 Å². The molecule has 0 atom stereocenters. The van der Waals surface area contributed by atoms with Crippen LogP contribution in [-0.4, -0.2) is 21.5 Å². The van der Waals surface area contributed by atoms with E-state index in [1.165, 1.54) is 22.9 Å². The second-order valence-electron chi connectivity index (χ2n) is 7.79. The standard InChI is InChI=1S/C21H20Cl2N6O2/c1-11(2)28-18(30)7-6-17(27-28)21(4,5)19-14(22)8-13(9-15(19)23)29-20(31)25-12(3)16(10-24)26-29/h6-9,11H,3H2,1-2,4-5H3,(H,25,31). The summed E-state index contributed by atoms with van der Waals surface area (Å²) in [6, 6.07) is 7.35. The largest absolute Gasteiger partial charge is 0.347 e. The smallest absolute Gasteiger partial charge is 0.304 e. The number of benzene rings is 1. The zero-order valence-corrected chi connectivity index (χ0v) is 18.9. The molecular formula is C21H20Cl2N6O2. The monoisotopic (exact) mass is 458 g/mol. The minimum Gasteiger partial charge on any atom is -0.304 e. The number of hydrogen-bond acceptors (Lipinski definition) is 5. The molecule has 31 heavy (non-hydrogen) atoms. The van der Waals surface area contributed by atoms with Crippen molar-refractivity contribution in [1.29, 1.82) is 5.26 Å². The van der Waals surface area contributed by atoms with Gasteiger partial charge in [-0.3, -0.25) is 4.79 Å². The van der Waals surface area contributed by atoms with Crippen molar-refractivity contribution in [3.8, 4) is 6.07 Å². The van der Waals surface area contributed by atoms with Crippen LogP contribution in [0.2, 0.25) is 10.0 Å². The molecule has 0 bridgehead atoms. The highest BCUT2D eigenvalue weighted by Gasteiger charge is 2.33. The number of nitriles is 1. The molecule has 0 spiro atoms. The summed E-state index contributed by atoms with van der Waals surface area (Å²) in [5.41, 5.74) is 0.595. The average molecular weight is 459 g/mol. The number of hydrazone groups is 1. The van der Waals surface area contributed by atoms with Crippen molar-refractivity contribution in [2.75, 3.05) is 5.01 Å². The highest BCUT2D eigenvalue weighted by Crippen LogP contribution is 2.42. The van der Waals surface area contributed by atoms with E-state index in [0.29, 0.717) is 11.3 Å². The van der Waals surface area contributed by atoms with Gasteiger partial charge in [0.1, 0.15) is 6.07 Å². The second kappa shape index (κ2) is 8.17. The van der Waals surface area contributed by atoms with Crippen LogP contribution >= 0.6 is 23.2 Å². The van der Waals surface area contributed by atoms with Crippen molar-refractivity contribution >= 4 is 40.6 Å². The maximum absolute atomic E-state index is 12.3. The summed E-state index contributed by atoms with van der Waals surface area (Å²) >= 11 is 13.2. The van der Waals surface area contributed by atoms with E-state index in [1.54, 1.807) is 6.07 Å². The lowest BCUT2D eigenvalue weighted by Gasteiger charge is -2.29. The fourth-order valence-corrected chi connectivity index (χ4v) is 4.20. The molecule has 0 aliphatic carbocycles. The molecule has 0 saturated carbocycles. The summed E-state index contributed by atoms with van der Waals surface area (Å²) in [5, 5.41) is 21.7. The van der Waals surface area contributed by atoms with E-state index in [-0.39, 0.29) is 38.7 Å². The second-order valence-corrected chi connectivity index (χ2v) is 8.60. The van der Waals surface area contributed by atoms with E-state index >= 15 is 0 Å². The van der Waals surface area contributed by atoms with Crippen LogP contribution in [0.15, 0.2) is 46.4 Å². The molecule has 1 aliphatic heterocycles. The van der Waals surface area contributed by atoms with E-state index < -0.39 is 11.4 Å². The number of anilines is 1. The number of urea groups is 1. The minimum atomic E-state index is -0.753. The molecule has 2 heterocycles. The first-order valence-electron chi connectivity index (χ1n) is 9.36. The number of nitrogens with zero attached hydrogens (tertiary/aromatic N) is 5. The van der Waals surface area contributed by atoms with Crippen LogP contribution in [-0.2, 0) is 5.41 Å². The molecule has 2 amide bonds. The third-order valence-corrected chi connectivity index (χ3v) is 5.49. The van der Waals surface area contributed by atoms with Crippen LogP contribution in [0, 0.1) is 11.3 Å². The number of amides is 2. The van der Waals surface area contributed by atoms with Gasteiger partial charge in [-0.1, -0.05) is 29.8 Å². The van der Waals surface area contributed by atoms with Gasteiger partial charge in [0.15, 0.2) is 5.71 Å². The maximum Gasteiger partial charge on any atom is 0.347 e. The molecular weight excluding hydrogens is 439 g/mol. The van der Waals surface area contributed by atoms with Crippen molar-refractivity contribution in [3.63, 3.8) is 0 Å². The number of nitrogens with one attached hydrogen (secondary N) is 1. The van der Waals surface area contributed by atoms with Crippen LogP contribution < -0.4 is 15.9 Å². The van der Waals surface area contributed by atoms with E-state index in [2.05, 4.69) is 22.1 Å². The average Bonchev–Trinajstić information content (AvgIpc) is 2.67. The molecule has 0 fully saturated rings. The highest BCUT2D eigenvalue weighted by molar-refractivity contribution is 6.37. The van der Waals surface area contributed by atoms with Crippen LogP contribution in [0.1, 0.15) is 45.0 Å². The lowest BCUT2D eigenvalue weighted by atomic mass is 9.81. The van der Waals surface area contributed by atoms with Crippen LogP contribution in [0.3, 0.4) is 0 Å². The molecule has 2 aromatic rings. The Labute approximate surface area is 189 Å². The number of carbonyl (C=O) groups is 1. The Balaban J connectivity index is 2.11. The molecule has 10 heteroatoms. The topological polar surface area (TPSA) is 103 Å². The van der Waals surface area contributed by atoms with E-state index in [4.69, 9.17) is 23.2 Å². The molecule has 0 radical (unpaired) electrons. The van der Waals surface area contributed by atoms with Crippen LogP contribution in [0.5, 0.6) is 0 Å². The number of halogens is 2. The van der Waals surface area contributed by atoms with Crippen molar-refractivity contribution in [3.05, 3.63) is 68.2 Å². The molecule has 3 rings (SSSR count). The predicted molar refractivity (Wildman–Crippen MR) is 121 cm³/mol. The number of hydrogen-bond donors (Lipinski definition) is 1. The Hall–Kier alpha value is -3.15. The Bertz CT molecular complexity index is 1200. The molecule has 0 saturated heterocycles. The number of carbonyl (C=O) groups excluding carboxylic acids is 1. The fourth-order valence-electron chi connectivity index (χ4n) is 3.25. The first kappa shape index (κ1) is 22.5. The normalized spacial score (nSPS) is 14.4. The molecule has 1 aliphatic rings. The van der Waals surface area contributed by atoms with Crippen molar-refractivity contribution < 1.29 is 4.79 Å². The number of aromatic nitrogens is 2. The van der Waals surface area contributed by atoms with Gasteiger partial charge in [-0.25, -0.2) is 9.48 Å². The Morgan fingerprint density at radius 1 is 1.19 bits per heavy atom. The molecule has 1 N–H and O–H groups in total. The Morgan fingerprint density at radius 3 is 2.35 bits per heavy atom. The predicted octanol–water partition coefficient (Wildman–Crippen LogP) is 4.38. The lowest BCUT2D eigenvalue weighted by Crippen LogP contribution is -2.43. The third kappa shape index (κ3) is 4.07. The highest BCUT2D eigenvalue weighted by atomic mass is 35.5. The SMILES string of the molecule is C=C1NC(=O)N(c2cc(Cl)c(C(C)(C)c3ccc(=O)n(C(C)C)n3)c(Cl)c2)N=C1C#N. The fraction of sp³-hybridized carbons (Fsp3) is 0.286. The third-order valence-electron chi connectivity index (χ3n) is 4.89. The van der Waals surface area contributed by atoms with Gasteiger partial charge in [-0.15, -0.1) is 0 Å². The number of allylic oxidation sites excluding steroid dienone is 1. The minimum absolute atomic E-state index is 0.0311. The summed E-state index contributed by atoms with van der Waals surface area (Å²) in [5.74, 6) is 0. The summed E-state index contributed by atoms with van der Waals surface area (Å²) in [4.78, 5) is 24.4. The summed E-state index contributed by atoms with van der Waals surface area (Å²) in [6.45, 7) is 11.1. The van der Waals surface area contributed by atoms with Crippen molar-refractivity contribution in [1.82, 2.24) is 15.1 Å². The Kier molecular flexibility index (Phi) is 5.94. The lowest BCUT2D eigenvalue weighted by molar-refractivity contribution is 0.248. The van der Waals surface area contributed by atoms with Gasteiger partial charge in [-0.05, 0) is 45.9 Å². The first-order valence-corrected chi connectivity index (χ1v) is 10.1. The van der Waals surface area contributed by atoms with E-state index in [1.807, 2.05) is 33.8 Å². The van der Waals surface area contributed by atoms with Crippen molar-refractivity contribution in [2.45, 2.75) is 39.2 Å². The number of rotatable bonds is 4. The summed E-state index contributed by atoms with van der Waals surface area (Å²) in [7, 11) is 0. The van der Waals surface area contributed by atoms with Crippen LogP contribution in [0.25, 0.3) is 0 Å². The molecule has 160 valence electrons. The van der Waals surface area contributed by atoms with E-state index in [0.717, 1.165) is 5.01 Å². The molecule has 8 nitrogen and oxygen atoms in total. The van der Waals surface area contributed by atoms with Gasteiger partial charge in [0, 0.05) is 27.1 Å². The first-order chi connectivity index (χ1) is 14.5. The summed E-state index contributed by atoms with van der Waals surface area (Å²) < 4.78 is 1.40. The molecule has 1 aromatic carbocycles. The summed E-state index contributed by atoms with van der Waals surface area (Å²) in [6.07, 6.45) is 0. The van der Waals surface area contributed by atoms with Gasteiger partial charge >= 0.3 is 6.03 Å². The Morgan fingerprint density at radius 2 is 1.81 bits per heavy atom. The quantitative estimate of drug-likeness (QED) is 0.733. The zero-order chi connectivity index (χ0) is 23.1. The molecule has 0 unspecified atom stereocenters.